The fourth-order valence-electron chi connectivity index (χ4n) is 8.42. The van der Waals surface area contributed by atoms with Gasteiger partial charge in [0.15, 0.2) is 5.76 Å². The highest BCUT2D eigenvalue weighted by atomic mass is 16.3. The van der Waals surface area contributed by atoms with Crippen LogP contribution >= 0.6 is 0 Å². The largest absolute Gasteiger partial charge is 0.463 e. The van der Waals surface area contributed by atoms with Gasteiger partial charge in [-0.25, -0.2) is 4.99 Å². The Kier molecular flexibility index (Phi) is 7.69. The second-order valence-corrected chi connectivity index (χ2v) is 13.7. The van der Waals surface area contributed by atoms with E-state index in [0.29, 0.717) is 5.76 Å². The Bertz CT molecular complexity index is 2410. The summed E-state index contributed by atoms with van der Waals surface area (Å²) in [6.45, 7) is 2.02. The summed E-state index contributed by atoms with van der Waals surface area (Å²) in [4.78, 5) is 5.24. The maximum atomic E-state index is 6.41. The summed E-state index contributed by atoms with van der Waals surface area (Å²) in [5, 5.41) is 2.09. The van der Waals surface area contributed by atoms with E-state index < -0.39 is 0 Å². The summed E-state index contributed by atoms with van der Waals surface area (Å²) in [6.07, 6.45) is 15.7. The minimum Gasteiger partial charge on any atom is -0.463 e. The summed E-state index contributed by atoms with van der Waals surface area (Å²) >= 11 is 0. The van der Waals surface area contributed by atoms with Crippen LogP contribution in [0, 0.1) is 0 Å². The molecule has 50 heavy (non-hydrogen) atoms. The van der Waals surface area contributed by atoms with E-state index in [2.05, 4.69) is 97.1 Å². The number of para-hydroxylation sites is 2. The molecule has 2 heterocycles. The maximum absolute atomic E-state index is 6.41. The molecule has 0 atom stereocenters. The average molecular weight is 650 g/mol. The molecule has 0 amide bonds. The lowest BCUT2D eigenvalue weighted by Crippen LogP contribution is -2.27. The highest BCUT2D eigenvalue weighted by Gasteiger charge is 2.43. The van der Waals surface area contributed by atoms with Crippen LogP contribution in [-0.4, -0.2) is 5.71 Å². The molecule has 7 aromatic rings. The number of hydrogen-bond donors (Lipinski definition) is 0. The van der Waals surface area contributed by atoms with Crippen molar-refractivity contribution < 1.29 is 8.83 Å². The summed E-state index contributed by atoms with van der Waals surface area (Å²) in [5.74, 6) is 0.704. The fourth-order valence-corrected chi connectivity index (χ4v) is 8.42. The first kappa shape index (κ1) is 30.4. The van der Waals surface area contributed by atoms with Crippen LogP contribution in [0.1, 0.15) is 78.2 Å². The van der Waals surface area contributed by atoms with Gasteiger partial charge >= 0.3 is 0 Å². The topological polar surface area (TPSA) is 38.6 Å². The van der Waals surface area contributed by atoms with E-state index in [9.17, 15) is 0 Å². The van der Waals surface area contributed by atoms with Gasteiger partial charge in [-0.3, -0.25) is 0 Å². The second-order valence-electron chi connectivity index (χ2n) is 13.7. The summed E-state index contributed by atoms with van der Waals surface area (Å²) < 4.78 is 12.8. The molecule has 2 aliphatic rings. The van der Waals surface area contributed by atoms with Crippen molar-refractivity contribution >= 4 is 39.4 Å². The molecule has 0 saturated heterocycles. The van der Waals surface area contributed by atoms with E-state index in [-0.39, 0.29) is 5.41 Å². The zero-order chi connectivity index (χ0) is 33.5. The fraction of sp³-hybridized carbons (Fsp3) is 0.170. The summed E-state index contributed by atoms with van der Waals surface area (Å²) in [7, 11) is 0. The van der Waals surface area contributed by atoms with Gasteiger partial charge in [-0.05, 0) is 77.8 Å². The van der Waals surface area contributed by atoms with Gasteiger partial charge in [-0.2, -0.15) is 0 Å². The van der Waals surface area contributed by atoms with E-state index in [1.165, 1.54) is 54.4 Å². The zero-order valence-corrected chi connectivity index (χ0v) is 28.4. The Labute approximate surface area is 293 Å². The first-order valence-electron chi connectivity index (χ1n) is 17.9. The third-order valence-corrected chi connectivity index (χ3v) is 10.8. The Balaban J connectivity index is 1.06. The summed E-state index contributed by atoms with van der Waals surface area (Å²) in [5.41, 5.74) is 13.7. The molecule has 0 radical (unpaired) electrons. The number of rotatable bonds is 7. The van der Waals surface area contributed by atoms with Crippen LogP contribution in [0.4, 0.5) is 0 Å². The molecule has 5 aromatic carbocycles. The molecule has 3 heteroatoms. The van der Waals surface area contributed by atoms with Gasteiger partial charge in [0.05, 0.1) is 12.0 Å². The molecule has 244 valence electrons. The van der Waals surface area contributed by atoms with Crippen molar-refractivity contribution in [2.75, 3.05) is 0 Å². The van der Waals surface area contributed by atoms with Crippen molar-refractivity contribution in [3.05, 3.63) is 179 Å². The van der Waals surface area contributed by atoms with E-state index in [4.69, 9.17) is 13.8 Å². The monoisotopic (exact) mass is 649 g/mol. The van der Waals surface area contributed by atoms with Gasteiger partial charge in [0, 0.05) is 27.3 Å². The summed E-state index contributed by atoms with van der Waals surface area (Å²) in [6, 6.07) is 43.0. The highest BCUT2D eigenvalue weighted by molar-refractivity contribution is 6.20. The molecule has 1 fully saturated rings. The molecular formula is C47H39NO2. The highest BCUT2D eigenvalue weighted by Crippen LogP contribution is 2.55. The maximum Gasteiger partial charge on any atom is 0.154 e. The number of nitrogens with zero attached hydrogens (tertiary/aromatic N) is 1. The molecule has 0 unspecified atom stereocenters. The van der Waals surface area contributed by atoms with Crippen molar-refractivity contribution in [2.24, 2.45) is 4.99 Å². The molecule has 1 saturated carbocycles. The van der Waals surface area contributed by atoms with Crippen LogP contribution in [0.5, 0.6) is 0 Å². The molecular weight excluding hydrogens is 611 g/mol. The van der Waals surface area contributed by atoms with E-state index >= 15 is 0 Å². The molecule has 2 aromatic heterocycles. The second kappa shape index (κ2) is 12.7. The molecule has 0 aliphatic heterocycles. The van der Waals surface area contributed by atoms with Gasteiger partial charge in [-0.1, -0.05) is 141 Å². The van der Waals surface area contributed by atoms with Crippen LogP contribution in [0.15, 0.2) is 154 Å². The van der Waals surface area contributed by atoms with E-state index in [0.717, 1.165) is 56.5 Å². The first-order valence-corrected chi connectivity index (χ1v) is 17.9. The van der Waals surface area contributed by atoms with Crippen LogP contribution < -0.4 is 0 Å². The molecule has 2 aliphatic carbocycles. The molecule has 0 N–H and O–H groups in total. The Hall–Kier alpha value is -5.67. The predicted octanol–water partition coefficient (Wildman–Crippen LogP) is 12.6. The van der Waals surface area contributed by atoms with E-state index in [1.54, 1.807) is 5.56 Å². The number of furan rings is 2. The number of hydrogen-bond acceptors (Lipinski definition) is 3. The Morgan fingerprint density at radius 3 is 2.42 bits per heavy atom. The normalized spacial score (nSPS) is 15.7. The molecule has 9 rings (SSSR count). The average Bonchev–Trinajstić information content (AvgIpc) is 3.86. The number of benzene rings is 5. The Morgan fingerprint density at radius 1 is 0.760 bits per heavy atom. The SMILES string of the molecule is C/C=C(\N=C(/c1cc2ccccc2o1)c1cccc2c(/C=C\Cc3ccc4c(c3)-c3ccccc3C43CCCCC3)coc12)c1ccccc1. The first-order chi connectivity index (χ1) is 24.7. The number of allylic oxidation sites excluding steroid dienone is 2. The van der Waals surface area contributed by atoms with E-state index in [1.807, 2.05) is 55.7 Å². The molecule has 1 spiro atoms. The van der Waals surface area contributed by atoms with Crippen molar-refractivity contribution in [2.45, 2.75) is 50.9 Å². The van der Waals surface area contributed by atoms with Crippen LogP contribution in [0.2, 0.25) is 0 Å². The molecule has 0 bridgehead atoms. The Morgan fingerprint density at radius 2 is 1.56 bits per heavy atom. The van der Waals surface area contributed by atoms with Crippen molar-refractivity contribution in [3.8, 4) is 11.1 Å². The van der Waals surface area contributed by atoms with Gasteiger partial charge < -0.3 is 8.83 Å². The van der Waals surface area contributed by atoms with Gasteiger partial charge in [-0.15, -0.1) is 0 Å². The lowest BCUT2D eigenvalue weighted by atomic mass is 9.68. The minimum absolute atomic E-state index is 0.200. The predicted molar refractivity (Wildman–Crippen MR) is 207 cm³/mol. The number of fused-ring (bicyclic) bond motifs is 7. The third-order valence-electron chi connectivity index (χ3n) is 10.8. The van der Waals surface area contributed by atoms with Crippen LogP contribution in [-0.2, 0) is 11.8 Å². The minimum atomic E-state index is 0.200. The van der Waals surface area contributed by atoms with Crippen LogP contribution in [0.25, 0.3) is 44.8 Å². The van der Waals surface area contributed by atoms with Crippen LogP contribution in [0.3, 0.4) is 0 Å². The smallest absolute Gasteiger partial charge is 0.154 e. The lowest BCUT2D eigenvalue weighted by Gasteiger charge is -2.36. The zero-order valence-electron chi connectivity index (χ0n) is 28.4. The third kappa shape index (κ3) is 5.16. The quantitative estimate of drug-likeness (QED) is 0.161. The van der Waals surface area contributed by atoms with Crippen molar-refractivity contribution in [3.63, 3.8) is 0 Å². The molecule has 3 nitrogen and oxygen atoms in total. The van der Waals surface area contributed by atoms with Crippen molar-refractivity contribution in [1.29, 1.82) is 0 Å². The standard InChI is InChI=1S/C47H39NO2/c1-2-42(33-16-5-3-6-17-33)48-45(44-30-34-18-7-10-24-43(34)50-44)38-22-14-21-36-35(31-49-46(36)38)19-13-15-32-25-26-41-39(29-32)37-20-8-9-23-40(37)47(41)27-11-4-12-28-47/h2-3,5-10,13-14,16-26,29-31H,4,11-12,15,27-28H2,1H3/b19-13-,42-2-,48-45-. The van der Waals surface area contributed by atoms with Gasteiger partial charge in [0.2, 0.25) is 0 Å². The van der Waals surface area contributed by atoms with Gasteiger partial charge in [0.25, 0.3) is 0 Å². The van der Waals surface area contributed by atoms with Gasteiger partial charge in [0.1, 0.15) is 16.9 Å². The van der Waals surface area contributed by atoms with Crippen molar-refractivity contribution in [1.82, 2.24) is 0 Å². The lowest BCUT2D eigenvalue weighted by molar-refractivity contribution is 0.353. The number of aliphatic imine (C=N–C) groups is 1.